The van der Waals surface area contributed by atoms with E-state index >= 15 is 0 Å². The number of methoxy groups -OCH3 is 2. The lowest BCUT2D eigenvalue weighted by Crippen LogP contribution is -2.33. The molecule has 6 heteroatoms. The second kappa shape index (κ2) is 10.3. The molecule has 1 aromatic heterocycles. The van der Waals surface area contributed by atoms with Crippen LogP contribution in [0.25, 0.3) is 0 Å². The molecule has 1 N–H and O–H groups in total. The van der Waals surface area contributed by atoms with Gasteiger partial charge in [0.15, 0.2) is 0 Å². The number of carbonyl (C=O) groups is 1. The number of hydrogen-bond acceptors (Lipinski definition) is 5. The molecule has 2 aromatic rings. The normalized spacial score (nSPS) is 15.3. The van der Waals surface area contributed by atoms with Gasteiger partial charge in [0.25, 0.3) is 0 Å². The highest BCUT2D eigenvalue weighted by Crippen LogP contribution is 2.30. The minimum Gasteiger partial charge on any atom is -0.497 e. The van der Waals surface area contributed by atoms with Gasteiger partial charge in [-0.05, 0) is 62.5 Å². The van der Waals surface area contributed by atoms with Crippen molar-refractivity contribution < 1.29 is 18.7 Å². The highest BCUT2D eigenvalue weighted by Gasteiger charge is 2.21. The smallest absolute Gasteiger partial charge is 0.224 e. The summed E-state index contributed by atoms with van der Waals surface area (Å²) in [4.78, 5) is 14.8. The Bertz CT molecular complexity index is 794. The number of amides is 1. The van der Waals surface area contributed by atoms with Crippen LogP contribution in [-0.4, -0.2) is 38.1 Å². The summed E-state index contributed by atoms with van der Waals surface area (Å²) in [6.45, 7) is 5.10. The van der Waals surface area contributed by atoms with Gasteiger partial charge in [-0.15, -0.1) is 0 Å². The van der Waals surface area contributed by atoms with Crippen molar-refractivity contribution >= 4 is 11.6 Å². The van der Waals surface area contributed by atoms with Gasteiger partial charge in [-0.3, -0.25) is 9.69 Å². The van der Waals surface area contributed by atoms with E-state index < -0.39 is 0 Å². The van der Waals surface area contributed by atoms with Crippen LogP contribution in [-0.2, 0) is 17.8 Å². The molecular weight excluding hydrogens is 368 g/mol. The molecule has 0 aliphatic carbocycles. The summed E-state index contributed by atoms with van der Waals surface area (Å²) in [6, 6.07) is 9.55. The third kappa shape index (κ3) is 6.00. The van der Waals surface area contributed by atoms with E-state index in [9.17, 15) is 4.79 Å². The number of ether oxygens (including phenoxy) is 2. The van der Waals surface area contributed by atoms with Gasteiger partial charge in [0.05, 0.1) is 26.5 Å². The van der Waals surface area contributed by atoms with Crippen LogP contribution in [0.4, 0.5) is 5.69 Å². The van der Waals surface area contributed by atoms with E-state index in [1.54, 1.807) is 20.3 Å². The van der Waals surface area contributed by atoms with Crippen molar-refractivity contribution in [3.63, 3.8) is 0 Å². The Balaban J connectivity index is 1.40. The van der Waals surface area contributed by atoms with Crippen molar-refractivity contribution in [1.29, 1.82) is 0 Å². The van der Waals surface area contributed by atoms with Crippen LogP contribution in [0.1, 0.15) is 44.1 Å². The predicted octanol–water partition coefficient (Wildman–Crippen LogP) is 4.49. The molecule has 3 rings (SSSR count). The first-order valence-electron chi connectivity index (χ1n) is 10.4. The molecule has 1 aliphatic rings. The number of nitrogens with zero attached hydrogens (tertiary/aromatic N) is 1. The summed E-state index contributed by atoms with van der Waals surface area (Å²) < 4.78 is 16.4. The standard InChI is InChI=1S/C23H32N2O4/c1-4-18-6-7-20(29-18)16-25-13-11-17(12-14-25)5-10-23(26)24-21-9-8-19(27-2)15-22(21)28-3/h6-9,15,17H,4-5,10-14,16H2,1-3H3,(H,24,26). The number of furan rings is 1. The molecule has 158 valence electrons. The molecule has 1 amide bonds. The molecule has 0 saturated carbocycles. The second-order valence-corrected chi connectivity index (χ2v) is 7.59. The SMILES string of the molecule is CCc1ccc(CN2CCC(CCC(=O)Nc3ccc(OC)cc3OC)CC2)o1. The first-order valence-corrected chi connectivity index (χ1v) is 10.4. The minimum atomic E-state index is 0.0265. The molecule has 29 heavy (non-hydrogen) atoms. The molecule has 6 nitrogen and oxygen atoms in total. The van der Waals surface area contributed by atoms with Crippen molar-refractivity contribution in [2.45, 2.75) is 45.6 Å². The third-order valence-electron chi connectivity index (χ3n) is 5.61. The van der Waals surface area contributed by atoms with Crippen molar-refractivity contribution in [2.24, 2.45) is 5.92 Å². The lowest BCUT2D eigenvalue weighted by molar-refractivity contribution is -0.116. The fraction of sp³-hybridized carbons (Fsp3) is 0.522. The maximum Gasteiger partial charge on any atom is 0.224 e. The van der Waals surface area contributed by atoms with Crippen molar-refractivity contribution in [3.05, 3.63) is 41.9 Å². The van der Waals surface area contributed by atoms with Crippen molar-refractivity contribution in [1.82, 2.24) is 4.90 Å². The Morgan fingerprint density at radius 2 is 1.90 bits per heavy atom. The van der Waals surface area contributed by atoms with Gasteiger partial charge in [-0.1, -0.05) is 6.92 Å². The molecule has 0 radical (unpaired) electrons. The first-order chi connectivity index (χ1) is 14.1. The van der Waals surface area contributed by atoms with Gasteiger partial charge < -0.3 is 19.2 Å². The topological polar surface area (TPSA) is 63.9 Å². The quantitative estimate of drug-likeness (QED) is 0.672. The van der Waals surface area contributed by atoms with Gasteiger partial charge in [0, 0.05) is 18.9 Å². The second-order valence-electron chi connectivity index (χ2n) is 7.59. The molecule has 0 spiro atoms. The summed E-state index contributed by atoms with van der Waals surface area (Å²) in [5.41, 5.74) is 0.679. The monoisotopic (exact) mass is 400 g/mol. The van der Waals surface area contributed by atoms with Gasteiger partial charge in [0.1, 0.15) is 23.0 Å². The fourth-order valence-electron chi connectivity index (χ4n) is 3.80. The van der Waals surface area contributed by atoms with E-state index in [0.29, 0.717) is 29.5 Å². The number of nitrogens with one attached hydrogen (secondary N) is 1. The van der Waals surface area contributed by atoms with E-state index in [1.165, 1.54) is 0 Å². The Labute approximate surface area is 173 Å². The molecule has 2 heterocycles. The van der Waals surface area contributed by atoms with E-state index in [-0.39, 0.29) is 5.91 Å². The Kier molecular flexibility index (Phi) is 7.58. The zero-order chi connectivity index (χ0) is 20.6. The lowest BCUT2D eigenvalue weighted by atomic mass is 9.92. The van der Waals surface area contributed by atoms with Gasteiger partial charge in [-0.25, -0.2) is 0 Å². The molecule has 1 saturated heterocycles. The average Bonchev–Trinajstić information content (AvgIpc) is 3.21. The summed E-state index contributed by atoms with van der Waals surface area (Å²) in [5, 5.41) is 2.96. The van der Waals surface area contributed by atoms with Crippen molar-refractivity contribution in [3.8, 4) is 11.5 Å². The number of anilines is 1. The number of hydrogen-bond donors (Lipinski definition) is 1. The Morgan fingerprint density at radius 1 is 1.14 bits per heavy atom. The number of piperidine rings is 1. The highest BCUT2D eigenvalue weighted by atomic mass is 16.5. The van der Waals surface area contributed by atoms with Gasteiger partial charge >= 0.3 is 0 Å². The molecule has 1 fully saturated rings. The summed E-state index contributed by atoms with van der Waals surface area (Å²) in [5.74, 6) is 4.03. The minimum absolute atomic E-state index is 0.0265. The maximum absolute atomic E-state index is 12.4. The summed E-state index contributed by atoms with van der Waals surface area (Å²) in [6.07, 6.45) is 4.63. The summed E-state index contributed by atoms with van der Waals surface area (Å²) in [7, 11) is 3.19. The zero-order valence-electron chi connectivity index (χ0n) is 17.7. The van der Waals surface area contributed by atoms with E-state index in [2.05, 4.69) is 29.3 Å². The zero-order valence-corrected chi connectivity index (χ0v) is 17.7. The van der Waals surface area contributed by atoms with Crippen LogP contribution in [0.2, 0.25) is 0 Å². The van der Waals surface area contributed by atoms with Crippen LogP contribution in [0.3, 0.4) is 0 Å². The number of benzene rings is 1. The first kappa shape index (κ1) is 21.2. The van der Waals surface area contributed by atoms with Gasteiger partial charge in [0.2, 0.25) is 5.91 Å². The van der Waals surface area contributed by atoms with Crippen LogP contribution < -0.4 is 14.8 Å². The largest absolute Gasteiger partial charge is 0.497 e. The Hall–Kier alpha value is -2.47. The molecule has 0 atom stereocenters. The summed E-state index contributed by atoms with van der Waals surface area (Å²) >= 11 is 0. The van der Waals surface area contributed by atoms with E-state index in [1.807, 2.05) is 12.1 Å². The van der Waals surface area contributed by atoms with E-state index in [4.69, 9.17) is 13.9 Å². The van der Waals surface area contributed by atoms with Gasteiger partial charge in [-0.2, -0.15) is 0 Å². The fourth-order valence-corrected chi connectivity index (χ4v) is 3.80. The van der Waals surface area contributed by atoms with Crippen LogP contribution in [0.15, 0.2) is 34.7 Å². The third-order valence-corrected chi connectivity index (χ3v) is 5.61. The highest BCUT2D eigenvalue weighted by molar-refractivity contribution is 5.92. The maximum atomic E-state index is 12.4. The number of likely N-dealkylation sites (tertiary alicyclic amines) is 1. The molecular formula is C23H32N2O4. The van der Waals surface area contributed by atoms with E-state index in [0.717, 1.165) is 56.8 Å². The van der Waals surface area contributed by atoms with Crippen molar-refractivity contribution in [2.75, 3.05) is 32.6 Å². The van der Waals surface area contributed by atoms with Crippen LogP contribution >= 0.6 is 0 Å². The molecule has 0 bridgehead atoms. The number of rotatable bonds is 9. The molecule has 0 unspecified atom stereocenters. The van der Waals surface area contributed by atoms with Crippen LogP contribution in [0, 0.1) is 5.92 Å². The predicted molar refractivity (Wildman–Crippen MR) is 113 cm³/mol. The molecule has 1 aliphatic heterocycles. The Morgan fingerprint density at radius 3 is 2.55 bits per heavy atom. The number of aryl methyl sites for hydroxylation is 1. The molecule has 1 aromatic carbocycles. The average molecular weight is 401 g/mol. The lowest BCUT2D eigenvalue weighted by Gasteiger charge is -2.31. The number of carbonyl (C=O) groups excluding carboxylic acids is 1. The van der Waals surface area contributed by atoms with Crippen LogP contribution in [0.5, 0.6) is 11.5 Å².